The summed E-state index contributed by atoms with van der Waals surface area (Å²) in [4.78, 5) is 0. The molecule has 0 aromatic rings. The number of rotatable bonds is 16. The minimum Gasteiger partial charge on any atom is -0.393 e. The fourth-order valence-corrected chi connectivity index (χ4v) is 2.85. The van der Waals surface area contributed by atoms with Crippen LogP contribution in [0.2, 0.25) is 0 Å². The smallest absolute Gasteiger partial charge is 0.0780 e. The lowest BCUT2D eigenvalue weighted by molar-refractivity contribution is -0.870. The van der Waals surface area contributed by atoms with Gasteiger partial charge in [-0.3, -0.25) is 0 Å². The molecule has 0 aromatic carbocycles. The minimum atomic E-state index is -0.121. The van der Waals surface area contributed by atoms with Crippen molar-refractivity contribution in [2.45, 2.75) is 96.5 Å². The zero-order valence-corrected chi connectivity index (χ0v) is 16.5. The zero-order chi connectivity index (χ0) is 17.4. The van der Waals surface area contributed by atoms with Crippen molar-refractivity contribution in [3.8, 4) is 0 Å². The number of aliphatic hydroxyl groups excluding tert-OH is 1. The van der Waals surface area contributed by atoms with Gasteiger partial charge in [-0.2, -0.15) is 0 Å². The van der Waals surface area contributed by atoms with E-state index in [2.05, 4.69) is 40.2 Å². The van der Waals surface area contributed by atoms with Crippen molar-refractivity contribution < 1.29 is 9.59 Å². The maximum Gasteiger partial charge on any atom is 0.0780 e. The highest BCUT2D eigenvalue weighted by molar-refractivity contribution is 4.83. The summed E-state index contributed by atoms with van der Waals surface area (Å²) >= 11 is 0. The van der Waals surface area contributed by atoms with Crippen LogP contribution in [0.3, 0.4) is 0 Å². The molecule has 0 heterocycles. The highest BCUT2D eigenvalue weighted by Gasteiger charge is 2.05. The molecule has 0 aliphatic rings. The number of hydrogen-bond acceptors (Lipinski definition) is 1. The van der Waals surface area contributed by atoms with E-state index < -0.39 is 0 Å². The van der Waals surface area contributed by atoms with E-state index >= 15 is 0 Å². The molecule has 0 aliphatic carbocycles. The Kier molecular flexibility index (Phi) is 15.0. The van der Waals surface area contributed by atoms with Crippen LogP contribution in [0, 0.1) is 0 Å². The molecule has 2 heteroatoms. The summed E-state index contributed by atoms with van der Waals surface area (Å²) in [6.07, 6.45) is 20.5. The van der Waals surface area contributed by atoms with Crippen molar-refractivity contribution >= 4 is 0 Å². The van der Waals surface area contributed by atoms with Gasteiger partial charge < -0.3 is 9.59 Å². The van der Waals surface area contributed by atoms with Gasteiger partial charge in [0.25, 0.3) is 0 Å². The highest BCUT2D eigenvalue weighted by Crippen LogP contribution is 2.11. The van der Waals surface area contributed by atoms with E-state index in [1.54, 1.807) is 0 Å². The van der Waals surface area contributed by atoms with Gasteiger partial charge in [-0.25, -0.2) is 0 Å². The van der Waals surface area contributed by atoms with E-state index in [0.717, 1.165) is 17.3 Å². The van der Waals surface area contributed by atoms with Crippen LogP contribution in [0.15, 0.2) is 12.2 Å². The Bertz CT molecular complexity index is 268. The number of quaternary nitrogens is 1. The largest absolute Gasteiger partial charge is 0.393 e. The molecule has 0 aliphatic heterocycles. The summed E-state index contributed by atoms with van der Waals surface area (Å²) < 4.78 is 1.09. The first-order valence-electron chi connectivity index (χ1n) is 10.1. The number of allylic oxidation sites excluding steroid dienone is 1. The topological polar surface area (TPSA) is 20.2 Å². The van der Waals surface area contributed by atoms with E-state index in [9.17, 15) is 5.11 Å². The Balaban J connectivity index is 3.28. The molecule has 0 unspecified atom stereocenters. The molecule has 0 spiro atoms. The summed E-state index contributed by atoms with van der Waals surface area (Å²) in [5, 5.41) is 9.88. The van der Waals surface area contributed by atoms with E-state index in [1.807, 2.05) is 0 Å². The number of nitrogens with zero attached hydrogens (tertiary/aromatic N) is 1. The van der Waals surface area contributed by atoms with Crippen molar-refractivity contribution in [1.82, 2.24) is 0 Å². The summed E-state index contributed by atoms with van der Waals surface area (Å²) in [6.45, 7) is 3.52. The summed E-state index contributed by atoms with van der Waals surface area (Å²) in [5.41, 5.74) is 0. The van der Waals surface area contributed by atoms with Gasteiger partial charge in [0.05, 0.1) is 33.8 Å². The van der Waals surface area contributed by atoms with Crippen LogP contribution in [-0.2, 0) is 0 Å². The first kappa shape index (κ1) is 22.7. The quantitative estimate of drug-likeness (QED) is 0.219. The molecule has 2 nitrogen and oxygen atoms in total. The number of unbranched alkanes of at least 4 members (excludes halogenated alkanes) is 9. The van der Waals surface area contributed by atoms with E-state index in [0.29, 0.717) is 0 Å². The molecule has 1 N–H and O–H groups in total. The van der Waals surface area contributed by atoms with Crippen LogP contribution in [0.4, 0.5) is 0 Å². The molecular weight excluding hydrogens is 282 g/mol. The summed E-state index contributed by atoms with van der Waals surface area (Å²) in [5.74, 6) is 0. The SMILES string of the molecule is CCCCCC[C@@H](O)C/C=C\CCCCCCCC[N+](C)(C)C. The maximum atomic E-state index is 9.88. The lowest BCUT2D eigenvalue weighted by Crippen LogP contribution is -2.35. The van der Waals surface area contributed by atoms with Crippen LogP contribution < -0.4 is 0 Å². The molecular formula is C21H44NO+. The van der Waals surface area contributed by atoms with Crippen molar-refractivity contribution in [1.29, 1.82) is 0 Å². The lowest BCUT2D eigenvalue weighted by atomic mass is 10.1. The molecule has 1 atom stereocenters. The Morgan fingerprint density at radius 1 is 0.783 bits per heavy atom. The van der Waals surface area contributed by atoms with Gasteiger partial charge >= 0.3 is 0 Å². The Morgan fingerprint density at radius 3 is 2.04 bits per heavy atom. The second-order valence-electron chi connectivity index (χ2n) is 8.13. The summed E-state index contributed by atoms with van der Waals surface area (Å²) in [6, 6.07) is 0. The van der Waals surface area contributed by atoms with E-state index in [1.165, 1.54) is 77.2 Å². The maximum absolute atomic E-state index is 9.88. The van der Waals surface area contributed by atoms with Gasteiger partial charge in [0.15, 0.2) is 0 Å². The molecule has 0 amide bonds. The third-order valence-corrected chi connectivity index (χ3v) is 4.42. The average Bonchev–Trinajstić information content (AvgIpc) is 2.48. The fraction of sp³-hybridized carbons (Fsp3) is 0.905. The van der Waals surface area contributed by atoms with Gasteiger partial charge in [0.2, 0.25) is 0 Å². The first-order valence-corrected chi connectivity index (χ1v) is 10.1. The van der Waals surface area contributed by atoms with E-state index in [4.69, 9.17) is 0 Å². The molecule has 0 bridgehead atoms. The molecule has 0 aromatic heterocycles. The Morgan fingerprint density at radius 2 is 1.39 bits per heavy atom. The fourth-order valence-electron chi connectivity index (χ4n) is 2.85. The minimum absolute atomic E-state index is 0.121. The van der Waals surface area contributed by atoms with Gasteiger partial charge in [-0.15, -0.1) is 0 Å². The third-order valence-electron chi connectivity index (χ3n) is 4.42. The van der Waals surface area contributed by atoms with Crippen molar-refractivity contribution in [3.05, 3.63) is 12.2 Å². The molecule has 0 fully saturated rings. The normalized spacial score (nSPS) is 13.8. The monoisotopic (exact) mass is 326 g/mol. The van der Waals surface area contributed by atoms with Gasteiger partial charge in [-0.05, 0) is 38.5 Å². The molecule has 0 radical (unpaired) electrons. The predicted octanol–water partition coefficient (Wildman–Crippen LogP) is 5.70. The number of aliphatic hydroxyl groups is 1. The lowest BCUT2D eigenvalue weighted by Gasteiger charge is -2.23. The molecule has 138 valence electrons. The van der Waals surface area contributed by atoms with Crippen molar-refractivity contribution in [2.24, 2.45) is 0 Å². The van der Waals surface area contributed by atoms with Gasteiger partial charge in [-0.1, -0.05) is 64.0 Å². The van der Waals surface area contributed by atoms with Crippen molar-refractivity contribution in [3.63, 3.8) is 0 Å². The predicted molar refractivity (Wildman–Crippen MR) is 104 cm³/mol. The zero-order valence-electron chi connectivity index (χ0n) is 16.5. The van der Waals surface area contributed by atoms with E-state index in [-0.39, 0.29) is 6.10 Å². The second kappa shape index (κ2) is 15.2. The molecule has 0 saturated heterocycles. The van der Waals surface area contributed by atoms with Crippen LogP contribution in [-0.4, -0.2) is 43.4 Å². The van der Waals surface area contributed by atoms with Crippen molar-refractivity contribution in [2.75, 3.05) is 27.7 Å². The third kappa shape index (κ3) is 19.6. The Hall–Kier alpha value is -0.340. The first-order chi connectivity index (χ1) is 11.0. The van der Waals surface area contributed by atoms with Crippen LogP contribution in [0.5, 0.6) is 0 Å². The van der Waals surface area contributed by atoms with Gasteiger partial charge in [0, 0.05) is 0 Å². The second-order valence-corrected chi connectivity index (χ2v) is 8.13. The highest BCUT2D eigenvalue weighted by atomic mass is 16.3. The number of hydrogen-bond donors (Lipinski definition) is 1. The standard InChI is InChI=1S/C21H44NO/c1-5-6-7-15-18-21(23)19-16-13-11-9-8-10-12-14-17-20-22(2,3)4/h13,16,21,23H,5-12,14-15,17-20H2,1-4H3/q+1/b16-13-/t21-/m1/s1. The van der Waals surface area contributed by atoms with Crippen LogP contribution in [0.25, 0.3) is 0 Å². The van der Waals surface area contributed by atoms with Crippen LogP contribution in [0.1, 0.15) is 90.4 Å². The Labute approximate surface area is 146 Å². The molecule has 0 rings (SSSR count). The van der Waals surface area contributed by atoms with Crippen LogP contribution >= 0.6 is 0 Å². The molecule has 23 heavy (non-hydrogen) atoms. The molecule has 0 saturated carbocycles. The summed E-state index contributed by atoms with van der Waals surface area (Å²) in [7, 11) is 6.82. The average molecular weight is 327 g/mol. The van der Waals surface area contributed by atoms with Gasteiger partial charge in [0.1, 0.15) is 0 Å².